The van der Waals surface area contributed by atoms with Crippen molar-refractivity contribution in [2.45, 2.75) is 11.4 Å². The summed E-state index contributed by atoms with van der Waals surface area (Å²) in [7, 11) is -3.76. The van der Waals surface area contributed by atoms with Gasteiger partial charge in [0.2, 0.25) is 10.0 Å². The lowest BCUT2D eigenvalue weighted by atomic mass is 10.2. The molecule has 0 fully saturated rings. The second kappa shape index (κ2) is 5.56. The maximum absolute atomic E-state index is 12.0. The van der Waals surface area contributed by atoms with Gasteiger partial charge in [0, 0.05) is 24.5 Å². The maximum Gasteiger partial charge on any atom is 0.243 e. The summed E-state index contributed by atoms with van der Waals surface area (Å²) in [5.74, 6) is 0.0301. The van der Waals surface area contributed by atoms with Gasteiger partial charge in [0.1, 0.15) is 10.6 Å². The van der Waals surface area contributed by atoms with E-state index < -0.39 is 10.0 Å². The first-order chi connectivity index (χ1) is 9.00. The molecule has 0 aliphatic carbocycles. The van der Waals surface area contributed by atoms with Crippen molar-refractivity contribution in [2.24, 2.45) is 0 Å². The molecular weight excluding hydrogens is 288 g/mol. The number of benzene rings is 1. The normalized spacial score (nSPS) is 11.4. The molecule has 0 spiro atoms. The highest BCUT2D eigenvalue weighted by Crippen LogP contribution is 2.20. The van der Waals surface area contributed by atoms with Crippen LogP contribution in [0.25, 0.3) is 0 Å². The quantitative estimate of drug-likeness (QED) is 0.904. The van der Waals surface area contributed by atoms with Crippen LogP contribution >= 0.6 is 11.6 Å². The number of aromatic hydroxyl groups is 1. The van der Waals surface area contributed by atoms with Crippen molar-refractivity contribution >= 4 is 21.6 Å². The van der Waals surface area contributed by atoms with Crippen LogP contribution in [0.15, 0.2) is 47.6 Å². The Morgan fingerprint density at radius 2 is 2.00 bits per heavy atom. The Morgan fingerprint density at radius 1 is 1.26 bits per heavy atom. The van der Waals surface area contributed by atoms with E-state index in [0.29, 0.717) is 5.56 Å². The third-order valence-electron chi connectivity index (χ3n) is 2.47. The Balaban J connectivity index is 2.20. The van der Waals surface area contributed by atoms with Gasteiger partial charge in [-0.1, -0.05) is 29.8 Å². The summed E-state index contributed by atoms with van der Waals surface area (Å²) in [6.45, 7) is -0.0275. The van der Waals surface area contributed by atoms with Crippen LogP contribution in [0.3, 0.4) is 0 Å². The minimum Gasteiger partial charge on any atom is -0.508 e. The van der Waals surface area contributed by atoms with Crippen LogP contribution in [0.2, 0.25) is 5.02 Å². The molecular formula is C12H11ClN2O3S. The number of hydrogen-bond donors (Lipinski definition) is 2. The predicted octanol–water partition coefficient (Wildman–Crippen LogP) is 1.92. The predicted molar refractivity (Wildman–Crippen MR) is 71.4 cm³/mol. The molecule has 0 bridgehead atoms. The van der Waals surface area contributed by atoms with Crippen molar-refractivity contribution < 1.29 is 13.5 Å². The summed E-state index contributed by atoms with van der Waals surface area (Å²) in [5, 5.41) is 9.66. The van der Waals surface area contributed by atoms with Crippen molar-refractivity contribution in [3.63, 3.8) is 0 Å². The molecule has 100 valence electrons. The fraction of sp³-hybridized carbons (Fsp3) is 0.0833. The summed E-state index contributed by atoms with van der Waals surface area (Å²) in [6.07, 6.45) is 2.58. The van der Waals surface area contributed by atoms with E-state index in [1.54, 1.807) is 18.2 Å². The topological polar surface area (TPSA) is 79.3 Å². The van der Waals surface area contributed by atoms with E-state index in [2.05, 4.69) is 9.71 Å². The van der Waals surface area contributed by atoms with Crippen LogP contribution < -0.4 is 4.72 Å². The number of rotatable bonds is 4. The molecule has 2 aromatic rings. The number of sulfonamides is 1. The number of para-hydroxylation sites is 1. The summed E-state index contributed by atoms with van der Waals surface area (Å²) < 4.78 is 26.4. The van der Waals surface area contributed by atoms with Gasteiger partial charge in [-0.15, -0.1) is 0 Å². The molecule has 1 aromatic carbocycles. The van der Waals surface area contributed by atoms with Crippen LogP contribution in [-0.2, 0) is 16.6 Å². The van der Waals surface area contributed by atoms with Crippen molar-refractivity contribution in [3.05, 3.63) is 53.3 Å². The van der Waals surface area contributed by atoms with Crippen LogP contribution in [0, 0.1) is 0 Å². The van der Waals surface area contributed by atoms with Gasteiger partial charge in [-0.2, -0.15) is 0 Å². The Morgan fingerprint density at radius 3 is 2.68 bits per heavy atom. The van der Waals surface area contributed by atoms with Crippen LogP contribution in [0.1, 0.15) is 5.56 Å². The zero-order valence-corrected chi connectivity index (χ0v) is 11.3. The molecule has 19 heavy (non-hydrogen) atoms. The average Bonchev–Trinajstić information content (AvgIpc) is 2.38. The average molecular weight is 299 g/mol. The van der Waals surface area contributed by atoms with Crippen molar-refractivity contribution in [3.8, 4) is 5.75 Å². The number of aromatic nitrogens is 1. The van der Waals surface area contributed by atoms with E-state index in [4.69, 9.17) is 11.6 Å². The fourth-order valence-corrected chi connectivity index (χ4v) is 2.91. The SMILES string of the molecule is O=S(=O)(NCc1ccccc1O)c1cnccc1Cl. The lowest BCUT2D eigenvalue weighted by Gasteiger charge is -2.08. The van der Waals surface area contributed by atoms with Gasteiger partial charge in [0.15, 0.2) is 0 Å². The molecule has 0 aliphatic heterocycles. The summed E-state index contributed by atoms with van der Waals surface area (Å²) in [6, 6.07) is 7.88. The zero-order valence-electron chi connectivity index (χ0n) is 9.75. The second-order valence-electron chi connectivity index (χ2n) is 3.76. The Kier molecular flexibility index (Phi) is 4.04. The van der Waals surface area contributed by atoms with Crippen LogP contribution in [-0.4, -0.2) is 18.5 Å². The highest BCUT2D eigenvalue weighted by molar-refractivity contribution is 7.89. The minimum absolute atomic E-state index is 0.0275. The van der Waals surface area contributed by atoms with Gasteiger partial charge >= 0.3 is 0 Å². The number of phenolic OH excluding ortho intramolecular Hbond substituents is 1. The second-order valence-corrected chi connectivity index (χ2v) is 5.90. The van der Waals surface area contributed by atoms with Crippen LogP contribution in [0.4, 0.5) is 0 Å². The maximum atomic E-state index is 12.0. The molecule has 0 atom stereocenters. The van der Waals surface area contributed by atoms with Gasteiger partial charge in [0.05, 0.1) is 5.02 Å². The van der Waals surface area contributed by atoms with Crippen LogP contribution in [0.5, 0.6) is 5.75 Å². The first-order valence-electron chi connectivity index (χ1n) is 5.37. The fourth-order valence-electron chi connectivity index (χ4n) is 1.47. The molecule has 1 heterocycles. The zero-order chi connectivity index (χ0) is 13.9. The lowest BCUT2D eigenvalue weighted by molar-refractivity contribution is 0.467. The summed E-state index contributed by atoms with van der Waals surface area (Å²) in [4.78, 5) is 3.64. The van der Waals surface area contributed by atoms with E-state index in [0.717, 1.165) is 0 Å². The van der Waals surface area contributed by atoms with Gasteiger partial charge < -0.3 is 5.11 Å². The Bertz CT molecular complexity index is 689. The number of hydrogen-bond acceptors (Lipinski definition) is 4. The molecule has 0 unspecified atom stereocenters. The van der Waals surface area contributed by atoms with Gasteiger partial charge in [0.25, 0.3) is 0 Å². The molecule has 0 radical (unpaired) electrons. The molecule has 2 N–H and O–H groups in total. The molecule has 5 nitrogen and oxygen atoms in total. The number of nitrogens with zero attached hydrogens (tertiary/aromatic N) is 1. The first kappa shape index (κ1) is 13.8. The largest absolute Gasteiger partial charge is 0.508 e. The minimum atomic E-state index is -3.76. The van der Waals surface area contributed by atoms with Crippen molar-refractivity contribution in [1.82, 2.24) is 9.71 Å². The van der Waals surface area contributed by atoms with Crippen molar-refractivity contribution in [2.75, 3.05) is 0 Å². The highest BCUT2D eigenvalue weighted by Gasteiger charge is 2.18. The van der Waals surface area contributed by atoms with Crippen molar-refractivity contribution in [1.29, 1.82) is 0 Å². The highest BCUT2D eigenvalue weighted by atomic mass is 35.5. The van der Waals surface area contributed by atoms with Gasteiger partial charge in [-0.25, -0.2) is 13.1 Å². The Hall–Kier alpha value is -1.63. The van der Waals surface area contributed by atoms with E-state index in [1.807, 2.05) is 0 Å². The van der Waals surface area contributed by atoms with E-state index in [9.17, 15) is 13.5 Å². The smallest absolute Gasteiger partial charge is 0.243 e. The molecule has 0 saturated carbocycles. The monoisotopic (exact) mass is 298 g/mol. The Labute approximate surface area is 115 Å². The van der Waals surface area contributed by atoms with E-state index >= 15 is 0 Å². The standard InChI is InChI=1S/C12H11ClN2O3S/c13-10-5-6-14-8-12(10)19(17,18)15-7-9-3-1-2-4-11(9)16/h1-6,8,15-16H,7H2. The lowest BCUT2D eigenvalue weighted by Crippen LogP contribution is -2.23. The summed E-state index contributed by atoms with van der Waals surface area (Å²) >= 11 is 5.81. The van der Waals surface area contributed by atoms with E-state index in [-0.39, 0.29) is 22.2 Å². The third kappa shape index (κ3) is 3.23. The first-order valence-corrected chi connectivity index (χ1v) is 7.23. The summed E-state index contributed by atoms with van der Waals surface area (Å²) in [5.41, 5.74) is 0.478. The molecule has 0 amide bonds. The molecule has 1 aromatic heterocycles. The number of phenols is 1. The van der Waals surface area contributed by atoms with E-state index in [1.165, 1.54) is 24.5 Å². The molecule has 0 aliphatic rings. The third-order valence-corrected chi connectivity index (χ3v) is 4.34. The number of halogens is 1. The van der Waals surface area contributed by atoms with Gasteiger partial charge in [-0.3, -0.25) is 4.98 Å². The molecule has 0 saturated heterocycles. The molecule has 7 heteroatoms. The number of nitrogens with one attached hydrogen (secondary N) is 1. The van der Waals surface area contributed by atoms with Gasteiger partial charge in [-0.05, 0) is 12.1 Å². The molecule has 2 rings (SSSR count). The number of pyridine rings is 1.